The molecule has 1 aromatic rings. The second-order valence-electron chi connectivity index (χ2n) is 4.25. The van der Waals surface area contributed by atoms with E-state index < -0.39 is 0 Å². The summed E-state index contributed by atoms with van der Waals surface area (Å²) in [5, 5.41) is 3.31. The van der Waals surface area contributed by atoms with Crippen molar-refractivity contribution in [2.45, 2.75) is 0 Å². The van der Waals surface area contributed by atoms with E-state index >= 15 is 0 Å². The lowest BCUT2D eigenvalue weighted by Crippen LogP contribution is -2.42. The lowest BCUT2D eigenvalue weighted by atomic mass is 10.1. The highest BCUT2D eigenvalue weighted by Gasteiger charge is 2.13. The third-order valence-electron chi connectivity index (χ3n) is 3.14. The van der Waals surface area contributed by atoms with Crippen molar-refractivity contribution in [3.63, 3.8) is 0 Å². The van der Waals surface area contributed by atoms with E-state index in [1.165, 1.54) is 7.11 Å². The monoisotopic (exact) mass is 246 g/mol. The van der Waals surface area contributed by atoms with E-state index in [0.29, 0.717) is 5.56 Å². The fourth-order valence-corrected chi connectivity index (χ4v) is 2.03. The smallest absolute Gasteiger partial charge is 0.337 e. The van der Waals surface area contributed by atoms with Gasteiger partial charge in [0.15, 0.2) is 0 Å². The first kappa shape index (κ1) is 12.6. The molecule has 4 nitrogen and oxygen atoms in total. The molecule has 1 fully saturated rings. The van der Waals surface area contributed by atoms with Crippen LogP contribution in [0.15, 0.2) is 30.8 Å². The number of carbonyl (C=O) groups excluding carboxylic acids is 1. The lowest BCUT2D eigenvalue weighted by Gasteiger charge is -2.31. The number of rotatable bonds is 3. The molecule has 0 atom stereocenters. The molecular weight excluding hydrogens is 228 g/mol. The van der Waals surface area contributed by atoms with Crippen LogP contribution in [-0.4, -0.2) is 44.2 Å². The van der Waals surface area contributed by atoms with Crippen molar-refractivity contribution >= 4 is 11.7 Å². The zero-order valence-electron chi connectivity index (χ0n) is 10.6. The Bertz CT molecular complexity index is 434. The van der Waals surface area contributed by atoms with Gasteiger partial charge in [-0.15, -0.1) is 0 Å². The molecule has 1 aliphatic rings. The van der Waals surface area contributed by atoms with Gasteiger partial charge in [0.05, 0.1) is 12.7 Å². The summed E-state index contributed by atoms with van der Waals surface area (Å²) in [4.78, 5) is 13.6. The second kappa shape index (κ2) is 5.69. The van der Waals surface area contributed by atoms with Gasteiger partial charge in [0, 0.05) is 31.9 Å². The van der Waals surface area contributed by atoms with Crippen LogP contribution in [0.3, 0.4) is 0 Å². The largest absolute Gasteiger partial charge is 0.465 e. The summed E-state index contributed by atoms with van der Waals surface area (Å²) in [6, 6.07) is 7.37. The Morgan fingerprint density at radius 3 is 2.33 bits per heavy atom. The van der Waals surface area contributed by atoms with E-state index in [1.807, 2.05) is 12.1 Å². The van der Waals surface area contributed by atoms with Gasteiger partial charge in [0.2, 0.25) is 0 Å². The molecular formula is C14H18N2O2. The van der Waals surface area contributed by atoms with Crippen molar-refractivity contribution in [3.8, 4) is 0 Å². The Balaban J connectivity index is 2.08. The molecule has 1 N–H and O–H groups in total. The minimum Gasteiger partial charge on any atom is -0.465 e. The zero-order chi connectivity index (χ0) is 13.0. The van der Waals surface area contributed by atoms with Crippen LogP contribution in [0.25, 0.3) is 5.70 Å². The molecule has 0 aromatic heterocycles. The van der Waals surface area contributed by atoms with Crippen molar-refractivity contribution in [2.24, 2.45) is 0 Å². The summed E-state index contributed by atoms with van der Waals surface area (Å²) < 4.78 is 4.67. The predicted molar refractivity (Wildman–Crippen MR) is 71.3 cm³/mol. The first-order valence-electron chi connectivity index (χ1n) is 6.05. The van der Waals surface area contributed by atoms with Gasteiger partial charge in [-0.3, -0.25) is 0 Å². The Labute approximate surface area is 107 Å². The number of carbonyl (C=O) groups is 1. The number of ether oxygens (including phenoxy) is 1. The molecule has 0 spiro atoms. The van der Waals surface area contributed by atoms with Crippen LogP contribution in [0.4, 0.5) is 0 Å². The topological polar surface area (TPSA) is 41.6 Å². The molecule has 1 aromatic carbocycles. The van der Waals surface area contributed by atoms with Gasteiger partial charge in [0.1, 0.15) is 0 Å². The van der Waals surface area contributed by atoms with Crippen LogP contribution >= 0.6 is 0 Å². The number of piperazine rings is 1. The molecule has 0 unspecified atom stereocenters. The van der Waals surface area contributed by atoms with Gasteiger partial charge in [-0.1, -0.05) is 18.7 Å². The van der Waals surface area contributed by atoms with Crippen molar-refractivity contribution < 1.29 is 9.53 Å². The quantitative estimate of drug-likeness (QED) is 0.817. The average molecular weight is 246 g/mol. The molecule has 0 radical (unpaired) electrons. The van der Waals surface area contributed by atoms with Crippen LogP contribution in [-0.2, 0) is 4.74 Å². The van der Waals surface area contributed by atoms with E-state index in [0.717, 1.165) is 37.4 Å². The van der Waals surface area contributed by atoms with E-state index in [1.54, 1.807) is 12.1 Å². The summed E-state index contributed by atoms with van der Waals surface area (Å²) in [5.74, 6) is -0.311. The number of hydrogen-bond donors (Lipinski definition) is 1. The first-order chi connectivity index (χ1) is 8.72. The summed E-state index contributed by atoms with van der Waals surface area (Å²) >= 11 is 0. The van der Waals surface area contributed by atoms with Crippen molar-refractivity contribution in [1.82, 2.24) is 10.2 Å². The van der Waals surface area contributed by atoms with Gasteiger partial charge in [-0.05, 0) is 17.7 Å². The highest BCUT2D eigenvalue weighted by atomic mass is 16.5. The number of hydrogen-bond acceptors (Lipinski definition) is 4. The van der Waals surface area contributed by atoms with Crippen LogP contribution in [0, 0.1) is 0 Å². The minimum atomic E-state index is -0.311. The Morgan fingerprint density at radius 1 is 1.22 bits per heavy atom. The Kier molecular flexibility index (Phi) is 3.99. The molecule has 96 valence electrons. The van der Waals surface area contributed by atoms with Gasteiger partial charge < -0.3 is 15.0 Å². The standard InChI is InChI=1S/C14H18N2O2/c1-11(16-9-7-15-8-10-16)12-3-5-13(6-4-12)14(17)18-2/h3-6,15H,1,7-10H2,2H3. The first-order valence-corrected chi connectivity index (χ1v) is 6.05. The molecule has 18 heavy (non-hydrogen) atoms. The summed E-state index contributed by atoms with van der Waals surface area (Å²) in [7, 11) is 1.38. The summed E-state index contributed by atoms with van der Waals surface area (Å²) in [6.45, 7) is 8.04. The summed E-state index contributed by atoms with van der Waals surface area (Å²) in [5.41, 5.74) is 2.62. The molecule has 1 saturated heterocycles. The highest BCUT2D eigenvalue weighted by molar-refractivity contribution is 5.89. The van der Waals surface area contributed by atoms with Crippen molar-refractivity contribution in [2.75, 3.05) is 33.3 Å². The lowest BCUT2D eigenvalue weighted by molar-refractivity contribution is 0.0600. The van der Waals surface area contributed by atoms with E-state index in [-0.39, 0.29) is 5.97 Å². The van der Waals surface area contributed by atoms with Gasteiger partial charge in [-0.25, -0.2) is 4.79 Å². The fourth-order valence-electron chi connectivity index (χ4n) is 2.03. The molecule has 0 bridgehead atoms. The van der Waals surface area contributed by atoms with Crippen LogP contribution in [0.1, 0.15) is 15.9 Å². The van der Waals surface area contributed by atoms with E-state index in [2.05, 4.69) is 21.5 Å². The van der Waals surface area contributed by atoms with Crippen LogP contribution in [0.2, 0.25) is 0 Å². The maximum Gasteiger partial charge on any atom is 0.337 e. The highest BCUT2D eigenvalue weighted by Crippen LogP contribution is 2.18. The second-order valence-corrected chi connectivity index (χ2v) is 4.25. The third kappa shape index (κ3) is 2.71. The van der Waals surface area contributed by atoms with Gasteiger partial charge in [0.25, 0.3) is 0 Å². The minimum absolute atomic E-state index is 0.311. The number of nitrogens with one attached hydrogen (secondary N) is 1. The van der Waals surface area contributed by atoms with Crippen LogP contribution in [0.5, 0.6) is 0 Å². The fraction of sp³-hybridized carbons (Fsp3) is 0.357. The molecule has 0 amide bonds. The number of nitrogens with zero attached hydrogens (tertiary/aromatic N) is 1. The SMILES string of the molecule is C=C(c1ccc(C(=O)OC)cc1)N1CCNCC1. The van der Waals surface area contributed by atoms with E-state index in [4.69, 9.17) is 0 Å². The molecule has 4 heteroatoms. The third-order valence-corrected chi connectivity index (χ3v) is 3.14. The maximum absolute atomic E-state index is 11.3. The number of esters is 1. The Morgan fingerprint density at radius 2 is 1.78 bits per heavy atom. The number of benzene rings is 1. The van der Waals surface area contributed by atoms with Gasteiger partial charge >= 0.3 is 5.97 Å². The Hall–Kier alpha value is -1.81. The average Bonchev–Trinajstić information content (AvgIpc) is 2.47. The molecule has 0 saturated carbocycles. The number of methoxy groups -OCH3 is 1. The van der Waals surface area contributed by atoms with Crippen molar-refractivity contribution in [1.29, 1.82) is 0 Å². The van der Waals surface area contributed by atoms with Crippen LogP contribution < -0.4 is 5.32 Å². The molecule has 0 aliphatic carbocycles. The summed E-state index contributed by atoms with van der Waals surface area (Å²) in [6.07, 6.45) is 0. The molecule has 1 aliphatic heterocycles. The predicted octanol–water partition coefficient (Wildman–Crippen LogP) is 1.35. The molecule has 1 heterocycles. The van der Waals surface area contributed by atoms with E-state index in [9.17, 15) is 4.79 Å². The maximum atomic E-state index is 11.3. The van der Waals surface area contributed by atoms with Crippen molar-refractivity contribution in [3.05, 3.63) is 42.0 Å². The van der Waals surface area contributed by atoms with Gasteiger partial charge in [-0.2, -0.15) is 0 Å². The molecule has 2 rings (SSSR count). The zero-order valence-corrected chi connectivity index (χ0v) is 10.6. The normalized spacial score (nSPS) is 15.3.